The monoisotopic (exact) mass is 464 g/mol. The zero-order chi connectivity index (χ0) is 23.1. The lowest BCUT2D eigenvalue weighted by molar-refractivity contribution is -0.141. The first-order valence-electron chi connectivity index (χ1n) is 11.9. The number of carbonyl (C=O) groups is 2. The van der Waals surface area contributed by atoms with E-state index in [1.807, 2.05) is 0 Å². The molecule has 4 aliphatic carbocycles. The molecule has 0 spiro atoms. The Balaban J connectivity index is 1.39. The Hall–Kier alpha value is -1.54. The van der Waals surface area contributed by atoms with Crippen molar-refractivity contribution in [1.82, 2.24) is 5.32 Å². The van der Waals surface area contributed by atoms with Crippen molar-refractivity contribution in [3.8, 4) is 0 Å². The molecule has 178 valence electrons. The van der Waals surface area contributed by atoms with Crippen LogP contribution in [0.3, 0.4) is 0 Å². The minimum atomic E-state index is -1.12. The van der Waals surface area contributed by atoms with Gasteiger partial charge in [-0.2, -0.15) is 12.6 Å². The molecule has 7 nitrogen and oxygen atoms in total. The van der Waals surface area contributed by atoms with Crippen LogP contribution in [0.5, 0.6) is 0 Å². The molecule has 3 N–H and O–H groups in total. The largest absolute Gasteiger partial charge is 0.480 e. The number of nitrogens with one attached hydrogen (secondary N) is 1. The summed E-state index contributed by atoms with van der Waals surface area (Å²) in [6.45, 7) is 4.42. The van der Waals surface area contributed by atoms with E-state index in [1.54, 1.807) is 0 Å². The van der Waals surface area contributed by atoms with Crippen LogP contribution in [0.1, 0.15) is 65.2 Å². The Labute approximate surface area is 195 Å². The van der Waals surface area contributed by atoms with Gasteiger partial charge >= 0.3 is 5.97 Å². The van der Waals surface area contributed by atoms with Gasteiger partial charge in [0, 0.05) is 5.75 Å². The minimum absolute atomic E-state index is 0.0153. The number of amides is 1. The maximum Gasteiger partial charge on any atom is 0.327 e. The zero-order valence-electron chi connectivity index (χ0n) is 19.0. The second kappa shape index (κ2) is 9.01. The number of hydrogen-bond donors (Lipinski definition) is 4. The third-order valence-electron chi connectivity index (χ3n) is 9.12. The molecule has 7 atom stereocenters. The number of carboxylic acids is 1. The van der Waals surface area contributed by atoms with Crippen LogP contribution in [0.4, 0.5) is 0 Å². The van der Waals surface area contributed by atoms with Crippen LogP contribution in [0.15, 0.2) is 16.8 Å². The first-order chi connectivity index (χ1) is 15.2. The Morgan fingerprint density at radius 2 is 2.00 bits per heavy atom. The maximum atomic E-state index is 11.9. The third-order valence-corrected chi connectivity index (χ3v) is 9.49. The number of aliphatic carboxylic acids is 1. The van der Waals surface area contributed by atoms with E-state index in [1.165, 1.54) is 18.4 Å². The lowest BCUT2D eigenvalue weighted by Crippen LogP contribution is -2.51. The van der Waals surface area contributed by atoms with E-state index in [0.29, 0.717) is 17.8 Å². The minimum Gasteiger partial charge on any atom is -0.480 e. The molecule has 3 fully saturated rings. The van der Waals surface area contributed by atoms with Crippen LogP contribution in [0.2, 0.25) is 0 Å². The highest BCUT2D eigenvalue weighted by Crippen LogP contribution is 2.65. The number of oxime groups is 1. The van der Waals surface area contributed by atoms with Gasteiger partial charge in [-0.05, 0) is 86.0 Å². The van der Waals surface area contributed by atoms with E-state index in [4.69, 9.17) is 9.94 Å². The summed E-state index contributed by atoms with van der Waals surface area (Å²) in [6.07, 6.45) is 10.5. The number of fused-ring (bicyclic) bond motifs is 5. The number of allylic oxidation sites excluding steroid dienone is 2. The number of aliphatic hydroxyl groups excluding tert-OH is 1. The molecule has 32 heavy (non-hydrogen) atoms. The van der Waals surface area contributed by atoms with Crippen molar-refractivity contribution in [2.24, 2.45) is 33.7 Å². The molecule has 4 rings (SSSR count). The van der Waals surface area contributed by atoms with E-state index in [2.05, 4.69) is 43.0 Å². The molecule has 0 bridgehead atoms. The third kappa shape index (κ3) is 4.09. The summed E-state index contributed by atoms with van der Waals surface area (Å²) in [7, 11) is 0. The van der Waals surface area contributed by atoms with Gasteiger partial charge in [-0.25, -0.2) is 4.79 Å². The van der Waals surface area contributed by atoms with Crippen molar-refractivity contribution in [2.75, 3.05) is 12.4 Å². The highest BCUT2D eigenvalue weighted by atomic mass is 32.1. The summed E-state index contributed by atoms with van der Waals surface area (Å²) < 4.78 is 0. The molecular weight excluding hydrogens is 428 g/mol. The molecule has 0 saturated heterocycles. The van der Waals surface area contributed by atoms with E-state index in [-0.39, 0.29) is 29.3 Å². The van der Waals surface area contributed by atoms with Gasteiger partial charge in [0.25, 0.3) is 5.91 Å². The summed E-state index contributed by atoms with van der Waals surface area (Å²) in [5.74, 6) is 0.365. The average Bonchev–Trinajstić information content (AvgIpc) is 3.06. The second-order valence-corrected chi connectivity index (χ2v) is 11.0. The van der Waals surface area contributed by atoms with Crippen LogP contribution < -0.4 is 5.32 Å². The molecule has 0 aliphatic heterocycles. The molecule has 0 heterocycles. The molecule has 0 aromatic carbocycles. The number of nitrogens with zero attached hydrogens (tertiary/aromatic N) is 1. The zero-order valence-corrected chi connectivity index (χ0v) is 19.9. The Kier molecular flexibility index (Phi) is 6.65. The summed E-state index contributed by atoms with van der Waals surface area (Å²) in [6, 6.07) is -1.03. The van der Waals surface area contributed by atoms with Gasteiger partial charge < -0.3 is 20.4 Å². The molecular formula is C24H36N2O5S. The molecule has 4 aliphatic rings. The Morgan fingerprint density at radius 1 is 1.22 bits per heavy atom. The summed E-state index contributed by atoms with van der Waals surface area (Å²) in [5.41, 5.74) is 2.57. The first-order valence-corrected chi connectivity index (χ1v) is 12.5. The molecule has 0 radical (unpaired) electrons. The summed E-state index contributed by atoms with van der Waals surface area (Å²) >= 11 is 3.93. The molecule has 0 aromatic rings. The van der Waals surface area contributed by atoms with E-state index >= 15 is 0 Å². The van der Waals surface area contributed by atoms with Crippen LogP contribution in [0, 0.1) is 28.6 Å². The van der Waals surface area contributed by atoms with Gasteiger partial charge in [-0.1, -0.05) is 24.6 Å². The van der Waals surface area contributed by atoms with E-state index < -0.39 is 17.9 Å². The molecule has 0 aromatic heterocycles. The smallest absolute Gasteiger partial charge is 0.327 e. The average molecular weight is 465 g/mol. The van der Waals surface area contributed by atoms with Crippen molar-refractivity contribution >= 4 is 30.2 Å². The van der Waals surface area contributed by atoms with Gasteiger partial charge in [-0.3, -0.25) is 4.79 Å². The molecule has 0 unspecified atom stereocenters. The number of carbonyl (C=O) groups excluding carboxylic acids is 1. The highest BCUT2D eigenvalue weighted by molar-refractivity contribution is 7.80. The quantitative estimate of drug-likeness (QED) is 0.357. The van der Waals surface area contributed by atoms with Crippen molar-refractivity contribution in [3.05, 3.63) is 11.6 Å². The first kappa shape index (κ1) is 23.6. The SMILES string of the molecule is C[C@]12CC[C@@H]3[C@@H](CCC4=C/C(=N/OCC(=O)N[C@@H](CS)C(=O)O)CC[C@@]43C)[C@@H]1CC[C@@H]2O. The fraction of sp³-hybridized carbons (Fsp3) is 0.792. The van der Waals surface area contributed by atoms with Gasteiger partial charge in [0.1, 0.15) is 6.04 Å². The Morgan fingerprint density at radius 3 is 2.72 bits per heavy atom. The van der Waals surface area contributed by atoms with Gasteiger partial charge in [-0.15, -0.1) is 0 Å². The fourth-order valence-electron chi connectivity index (χ4n) is 7.21. The standard InChI is InChI=1S/C24H36N2O5S/c1-23-9-7-15(26-31-12-21(28)25-19(13-32)22(29)30)11-14(23)3-4-16-17-5-6-20(27)24(17,2)10-8-18(16)23/h11,16-20,27,32H,3-10,12-13H2,1-2H3,(H,25,28)(H,29,30)/b26-15+/t16-,17-,18+,19-,20-,23-,24-/m0/s1. The summed E-state index contributed by atoms with van der Waals surface area (Å²) in [4.78, 5) is 28.1. The van der Waals surface area contributed by atoms with Gasteiger partial charge in [0.2, 0.25) is 0 Å². The van der Waals surface area contributed by atoms with E-state index in [0.717, 1.165) is 44.2 Å². The number of carboxylic acid groups (broad SMARTS) is 1. The number of thiol groups is 1. The van der Waals surface area contributed by atoms with Crippen LogP contribution >= 0.6 is 12.6 Å². The van der Waals surface area contributed by atoms with E-state index in [9.17, 15) is 14.7 Å². The van der Waals surface area contributed by atoms with Crippen molar-refractivity contribution < 1.29 is 24.6 Å². The molecule has 3 saturated carbocycles. The predicted octanol–water partition coefficient (Wildman–Crippen LogP) is 3.18. The number of aliphatic hydroxyl groups is 1. The number of hydrogen-bond acceptors (Lipinski definition) is 6. The topological polar surface area (TPSA) is 108 Å². The lowest BCUT2D eigenvalue weighted by atomic mass is 9.47. The Bertz CT molecular complexity index is 829. The summed E-state index contributed by atoms with van der Waals surface area (Å²) in [5, 5.41) is 26.2. The highest BCUT2D eigenvalue weighted by Gasteiger charge is 2.58. The van der Waals surface area contributed by atoms with Gasteiger partial charge in [0.05, 0.1) is 11.8 Å². The van der Waals surface area contributed by atoms with Crippen LogP contribution in [-0.2, 0) is 14.4 Å². The number of rotatable bonds is 6. The maximum absolute atomic E-state index is 11.9. The lowest BCUT2D eigenvalue weighted by Gasteiger charge is -2.57. The van der Waals surface area contributed by atoms with Crippen LogP contribution in [-0.4, -0.2) is 52.3 Å². The van der Waals surface area contributed by atoms with Crippen LogP contribution in [0.25, 0.3) is 0 Å². The molecule has 8 heteroatoms. The molecule has 1 amide bonds. The van der Waals surface area contributed by atoms with Crippen molar-refractivity contribution in [1.29, 1.82) is 0 Å². The van der Waals surface area contributed by atoms with Gasteiger partial charge in [0.15, 0.2) is 6.61 Å². The second-order valence-electron chi connectivity index (χ2n) is 10.6. The van der Waals surface area contributed by atoms with Crippen molar-refractivity contribution in [2.45, 2.75) is 77.4 Å². The normalized spacial score (nSPS) is 40.5. The fourth-order valence-corrected chi connectivity index (χ4v) is 7.46. The van der Waals surface area contributed by atoms with Crippen molar-refractivity contribution in [3.63, 3.8) is 0 Å². The predicted molar refractivity (Wildman–Crippen MR) is 125 cm³/mol.